The third-order valence-electron chi connectivity index (χ3n) is 3.80. The minimum Gasteiger partial charge on any atom is -0.388 e. The van der Waals surface area contributed by atoms with E-state index in [1.54, 1.807) is 0 Å². The zero-order chi connectivity index (χ0) is 16.2. The van der Waals surface area contributed by atoms with Gasteiger partial charge >= 0.3 is 0 Å². The summed E-state index contributed by atoms with van der Waals surface area (Å²) in [5, 5.41) is 10.4. The fourth-order valence-electron chi connectivity index (χ4n) is 2.31. The minimum absolute atomic E-state index is 0.154. The molecule has 122 valence electrons. The van der Waals surface area contributed by atoms with Gasteiger partial charge in [0.15, 0.2) is 0 Å². The summed E-state index contributed by atoms with van der Waals surface area (Å²) < 4.78 is 0. The normalized spacial score (nSPS) is 15.2. The second kappa shape index (κ2) is 11.6. The Balaban J connectivity index is 2.45. The number of unbranched alkanes of at least 4 members (excludes halogenated alkanes) is 3. The van der Waals surface area contributed by atoms with E-state index in [1.165, 1.54) is 30.6 Å². The predicted octanol–water partition coefficient (Wildman–Crippen LogP) is 5.91. The van der Waals surface area contributed by atoms with Crippen LogP contribution in [0.4, 0.5) is 0 Å². The molecule has 1 rings (SSSR count). The molecular weight excluding hydrogens is 288 g/mol. The van der Waals surface area contributed by atoms with Crippen molar-refractivity contribution in [2.45, 2.75) is 52.6 Å². The number of rotatable bonds is 10. The van der Waals surface area contributed by atoms with E-state index in [-0.39, 0.29) is 5.92 Å². The Kier molecular flexibility index (Phi) is 10.0. The highest BCUT2D eigenvalue weighted by molar-refractivity contribution is 8.03. The van der Waals surface area contributed by atoms with Crippen LogP contribution in [0, 0.1) is 5.92 Å². The summed E-state index contributed by atoms with van der Waals surface area (Å²) in [6, 6.07) is 10.1. The lowest BCUT2D eigenvalue weighted by atomic mass is 10.0. The molecular formula is C20H30OS. The lowest BCUT2D eigenvalue weighted by Gasteiger charge is -2.19. The first kappa shape index (κ1) is 19.1. The maximum Gasteiger partial charge on any atom is 0.0794 e. The number of aliphatic hydroxyl groups excluding tert-OH is 1. The van der Waals surface area contributed by atoms with Crippen LogP contribution in [-0.2, 0) is 0 Å². The minimum atomic E-state index is -0.436. The van der Waals surface area contributed by atoms with E-state index in [4.69, 9.17) is 0 Å². The molecule has 0 saturated heterocycles. The molecule has 1 N–H and O–H groups in total. The Morgan fingerprint density at radius 1 is 1.18 bits per heavy atom. The standard InChI is InChI=1S/C20H30OS/c1-4-6-7-11-16-22-20(5-2)17(3)19(21)15-14-18-12-9-8-10-13-18/h5,8-10,12-15,17,19,21H,4,6-7,11,16H2,1-3H3/b15-14+,20-5-/t17-,19+/m0/s1. The van der Waals surface area contributed by atoms with Crippen LogP contribution >= 0.6 is 11.8 Å². The zero-order valence-electron chi connectivity index (χ0n) is 14.2. The van der Waals surface area contributed by atoms with E-state index in [9.17, 15) is 5.11 Å². The van der Waals surface area contributed by atoms with Crippen LogP contribution in [0.3, 0.4) is 0 Å². The number of thioether (sulfide) groups is 1. The molecule has 0 aromatic heterocycles. The average Bonchev–Trinajstić information content (AvgIpc) is 2.56. The van der Waals surface area contributed by atoms with Crippen molar-refractivity contribution in [3.05, 3.63) is 53.0 Å². The van der Waals surface area contributed by atoms with Gasteiger partial charge in [0.2, 0.25) is 0 Å². The molecule has 22 heavy (non-hydrogen) atoms. The van der Waals surface area contributed by atoms with Gasteiger partial charge in [-0.25, -0.2) is 0 Å². The molecule has 0 unspecified atom stereocenters. The van der Waals surface area contributed by atoms with E-state index in [1.807, 2.05) is 54.2 Å². The molecule has 1 aromatic carbocycles. The summed E-state index contributed by atoms with van der Waals surface area (Å²) >= 11 is 1.90. The van der Waals surface area contributed by atoms with Crippen molar-refractivity contribution < 1.29 is 5.11 Å². The third-order valence-corrected chi connectivity index (χ3v) is 5.23. The van der Waals surface area contributed by atoms with Crippen molar-refractivity contribution >= 4 is 17.8 Å². The molecule has 0 fully saturated rings. The van der Waals surface area contributed by atoms with E-state index < -0.39 is 6.10 Å². The lowest BCUT2D eigenvalue weighted by Crippen LogP contribution is -2.16. The molecule has 0 aliphatic rings. The van der Waals surface area contributed by atoms with Crippen molar-refractivity contribution in [2.75, 3.05) is 5.75 Å². The second-order valence-corrected chi connectivity index (χ2v) is 6.82. The molecule has 0 saturated carbocycles. The summed E-state index contributed by atoms with van der Waals surface area (Å²) in [7, 11) is 0. The average molecular weight is 319 g/mol. The highest BCUT2D eigenvalue weighted by Gasteiger charge is 2.15. The van der Waals surface area contributed by atoms with E-state index in [2.05, 4.69) is 26.8 Å². The van der Waals surface area contributed by atoms with Gasteiger partial charge in [0.25, 0.3) is 0 Å². The highest BCUT2D eigenvalue weighted by atomic mass is 32.2. The number of hydrogen-bond acceptors (Lipinski definition) is 2. The molecule has 2 atom stereocenters. The fourth-order valence-corrected chi connectivity index (χ4v) is 3.46. The molecule has 1 nitrogen and oxygen atoms in total. The van der Waals surface area contributed by atoms with Crippen LogP contribution < -0.4 is 0 Å². The van der Waals surface area contributed by atoms with Gasteiger partial charge in [-0.05, 0) is 29.6 Å². The van der Waals surface area contributed by atoms with Crippen LogP contribution in [0.5, 0.6) is 0 Å². The maximum atomic E-state index is 10.4. The predicted molar refractivity (Wildman–Crippen MR) is 101 cm³/mol. The summed E-state index contributed by atoms with van der Waals surface area (Å²) in [5.41, 5.74) is 1.13. The quantitative estimate of drug-likeness (QED) is 0.541. The van der Waals surface area contributed by atoms with Crippen LogP contribution in [0.15, 0.2) is 47.4 Å². The Morgan fingerprint density at radius 3 is 2.55 bits per heavy atom. The maximum absolute atomic E-state index is 10.4. The van der Waals surface area contributed by atoms with Gasteiger partial charge in [-0.1, -0.05) is 81.7 Å². The van der Waals surface area contributed by atoms with Gasteiger partial charge in [0.1, 0.15) is 0 Å². The number of hydrogen-bond donors (Lipinski definition) is 1. The summed E-state index contributed by atoms with van der Waals surface area (Å²) in [4.78, 5) is 1.29. The fraction of sp³-hybridized carbons (Fsp3) is 0.500. The Bertz CT molecular complexity index is 450. The van der Waals surface area contributed by atoms with Gasteiger partial charge in [-0.15, -0.1) is 11.8 Å². The van der Waals surface area contributed by atoms with Gasteiger partial charge in [-0.3, -0.25) is 0 Å². The van der Waals surface area contributed by atoms with Gasteiger partial charge in [-0.2, -0.15) is 0 Å². The molecule has 0 aliphatic heterocycles. The third kappa shape index (κ3) is 7.33. The molecule has 0 spiro atoms. The first-order valence-corrected chi connectivity index (χ1v) is 9.38. The highest BCUT2D eigenvalue weighted by Crippen LogP contribution is 2.28. The second-order valence-electron chi connectivity index (χ2n) is 5.65. The monoisotopic (exact) mass is 318 g/mol. The summed E-state index contributed by atoms with van der Waals surface area (Å²) in [6.45, 7) is 6.41. The van der Waals surface area contributed by atoms with Gasteiger partial charge in [0.05, 0.1) is 6.10 Å². The van der Waals surface area contributed by atoms with Crippen molar-refractivity contribution in [3.63, 3.8) is 0 Å². The van der Waals surface area contributed by atoms with E-state index in [0.29, 0.717) is 0 Å². The van der Waals surface area contributed by atoms with Crippen LogP contribution in [0.1, 0.15) is 52.0 Å². The Hall–Kier alpha value is -0.990. The van der Waals surface area contributed by atoms with Crippen molar-refractivity contribution in [3.8, 4) is 0 Å². The smallest absolute Gasteiger partial charge is 0.0794 e. The summed E-state index contributed by atoms with van der Waals surface area (Å²) in [6.07, 6.45) is 10.8. The van der Waals surface area contributed by atoms with Crippen LogP contribution in [0.25, 0.3) is 6.08 Å². The molecule has 0 amide bonds. The first-order valence-electron chi connectivity index (χ1n) is 8.39. The van der Waals surface area contributed by atoms with E-state index >= 15 is 0 Å². The van der Waals surface area contributed by atoms with Gasteiger partial charge < -0.3 is 5.11 Å². The van der Waals surface area contributed by atoms with E-state index in [0.717, 1.165) is 11.3 Å². The number of benzene rings is 1. The van der Waals surface area contributed by atoms with Crippen LogP contribution in [-0.4, -0.2) is 17.0 Å². The van der Waals surface area contributed by atoms with Gasteiger partial charge in [0, 0.05) is 5.92 Å². The lowest BCUT2D eigenvalue weighted by molar-refractivity contribution is 0.184. The molecule has 0 aliphatic carbocycles. The molecule has 0 radical (unpaired) electrons. The first-order chi connectivity index (χ1) is 10.7. The number of aliphatic hydroxyl groups is 1. The molecule has 0 heterocycles. The Labute approximate surface area is 140 Å². The SMILES string of the molecule is C/C=C(\SCCCCCC)[C@@H](C)[C@H](O)/C=C/c1ccccc1. The molecule has 1 aromatic rings. The summed E-state index contributed by atoms with van der Waals surface area (Å²) in [5.74, 6) is 1.31. The largest absolute Gasteiger partial charge is 0.388 e. The van der Waals surface area contributed by atoms with Crippen molar-refractivity contribution in [1.82, 2.24) is 0 Å². The molecule has 2 heteroatoms. The molecule has 0 bridgehead atoms. The topological polar surface area (TPSA) is 20.2 Å². The number of allylic oxidation sites excluding steroid dienone is 1. The van der Waals surface area contributed by atoms with Crippen LogP contribution in [0.2, 0.25) is 0 Å². The zero-order valence-corrected chi connectivity index (χ0v) is 15.0. The Morgan fingerprint density at radius 2 is 1.91 bits per heavy atom. The van der Waals surface area contributed by atoms with Crippen molar-refractivity contribution in [2.24, 2.45) is 5.92 Å². The van der Waals surface area contributed by atoms with Crippen molar-refractivity contribution in [1.29, 1.82) is 0 Å².